The van der Waals surface area contributed by atoms with Crippen LogP contribution in [0.2, 0.25) is 0 Å². The summed E-state index contributed by atoms with van der Waals surface area (Å²) in [4.78, 5) is 31.8. The minimum Gasteiger partial charge on any atom is -0.484 e. The molecule has 3 aromatic rings. The van der Waals surface area contributed by atoms with Gasteiger partial charge in [0, 0.05) is 31.7 Å². The number of hydrogen-bond acceptors (Lipinski definition) is 8. The van der Waals surface area contributed by atoms with Crippen LogP contribution in [0.15, 0.2) is 51.5 Å². The summed E-state index contributed by atoms with van der Waals surface area (Å²) in [7, 11) is 0. The summed E-state index contributed by atoms with van der Waals surface area (Å²) in [5.41, 5.74) is 0.715. The van der Waals surface area contributed by atoms with Crippen LogP contribution in [0, 0.1) is 11.3 Å². The number of furan rings is 1. The number of ether oxygens (including phenoxy) is 1. The second-order valence-electron chi connectivity index (χ2n) is 7.00. The highest BCUT2D eigenvalue weighted by atomic mass is 16.5. The molecular weight excluding hydrogens is 400 g/mol. The van der Waals surface area contributed by atoms with Crippen LogP contribution in [0.1, 0.15) is 23.0 Å². The number of piperazine rings is 1. The summed E-state index contributed by atoms with van der Waals surface area (Å²) >= 11 is 0. The van der Waals surface area contributed by atoms with Gasteiger partial charge in [-0.3, -0.25) is 9.59 Å². The molecule has 9 heteroatoms. The predicted octanol–water partition coefficient (Wildman–Crippen LogP) is 2.74. The third kappa shape index (κ3) is 4.43. The van der Waals surface area contributed by atoms with Crippen LogP contribution in [-0.4, -0.2) is 54.4 Å². The fourth-order valence-corrected chi connectivity index (χ4v) is 3.31. The Labute approximate surface area is 178 Å². The quantitative estimate of drug-likeness (QED) is 0.560. The second-order valence-corrected chi connectivity index (χ2v) is 7.00. The number of carbonyl (C=O) groups is 2. The number of hydrogen-bond donors (Lipinski definition) is 0. The Hall–Kier alpha value is -4.06. The Balaban J connectivity index is 1.34. The van der Waals surface area contributed by atoms with Crippen LogP contribution in [-0.2, 0) is 4.79 Å². The molecule has 0 N–H and O–H groups in total. The Bertz CT molecular complexity index is 1120. The van der Waals surface area contributed by atoms with Gasteiger partial charge in [-0.1, -0.05) is 12.1 Å². The highest BCUT2D eigenvalue weighted by molar-refractivity contribution is 5.94. The molecule has 9 nitrogen and oxygen atoms in total. The van der Waals surface area contributed by atoms with Gasteiger partial charge in [-0.2, -0.15) is 10.2 Å². The zero-order valence-corrected chi connectivity index (χ0v) is 16.9. The number of ketones is 1. The summed E-state index contributed by atoms with van der Waals surface area (Å²) in [6.07, 6.45) is 1.51. The van der Waals surface area contributed by atoms with Crippen molar-refractivity contribution in [2.45, 2.75) is 6.92 Å². The van der Waals surface area contributed by atoms with Crippen molar-refractivity contribution in [3.8, 4) is 23.5 Å². The van der Waals surface area contributed by atoms with Gasteiger partial charge in [0.15, 0.2) is 18.2 Å². The zero-order valence-electron chi connectivity index (χ0n) is 16.9. The smallest absolute Gasteiger partial charge is 0.266 e. The van der Waals surface area contributed by atoms with Gasteiger partial charge < -0.3 is 23.4 Å². The molecule has 158 valence electrons. The van der Waals surface area contributed by atoms with E-state index in [0.717, 1.165) is 0 Å². The number of rotatable bonds is 6. The van der Waals surface area contributed by atoms with Crippen LogP contribution in [0.3, 0.4) is 0 Å². The number of carbonyl (C=O) groups excluding carboxylic acids is 2. The number of anilines is 1. The maximum Gasteiger partial charge on any atom is 0.266 e. The van der Waals surface area contributed by atoms with Crippen LogP contribution in [0.4, 0.5) is 5.88 Å². The minimum absolute atomic E-state index is 0.0627. The van der Waals surface area contributed by atoms with Crippen molar-refractivity contribution in [3.05, 3.63) is 53.9 Å². The fraction of sp³-hybridized carbons (Fsp3) is 0.273. The Morgan fingerprint density at radius 2 is 2.00 bits per heavy atom. The molecule has 0 spiro atoms. The molecular formula is C22H20N4O5. The first-order valence-electron chi connectivity index (χ1n) is 9.76. The first-order chi connectivity index (χ1) is 15.0. The average Bonchev–Trinajstić information content (AvgIpc) is 3.47. The molecule has 1 aliphatic heterocycles. The van der Waals surface area contributed by atoms with E-state index in [9.17, 15) is 14.9 Å². The molecule has 1 aromatic carbocycles. The first-order valence-corrected chi connectivity index (χ1v) is 9.76. The number of amides is 1. The highest BCUT2D eigenvalue weighted by Gasteiger charge is 2.27. The van der Waals surface area contributed by atoms with E-state index < -0.39 is 0 Å². The molecule has 0 bridgehead atoms. The second kappa shape index (κ2) is 8.75. The van der Waals surface area contributed by atoms with E-state index in [2.05, 4.69) is 4.98 Å². The van der Waals surface area contributed by atoms with Crippen molar-refractivity contribution >= 4 is 17.6 Å². The summed E-state index contributed by atoms with van der Waals surface area (Å²) in [6, 6.07) is 12.2. The van der Waals surface area contributed by atoms with E-state index in [0.29, 0.717) is 49.1 Å². The van der Waals surface area contributed by atoms with Crippen LogP contribution < -0.4 is 9.64 Å². The third-order valence-electron chi connectivity index (χ3n) is 4.97. The van der Waals surface area contributed by atoms with Crippen LogP contribution in [0.5, 0.6) is 5.75 Å². The van der Waals surface area contributed by atoms with Crippen molar-refractivity contribution in [2.24, 2.45) is 0 Å². The normalized spacial score (nSPS) is 13.7. The number of benzene rings is 1. The molecule has 3 heterocycles. The molecule has 0 aliphatic carbocycles. The van der Waals surface area contributed by atoms with Crippen molar-refractivity contribution in [1.29, 1.82) is 5.26 Å². The van der Waals surface area contributed by atoms with E-state index in [1.807, 2.05) is 11.0 Å². The van der Waals surface area contributed by atoms with Crippen LogP contribution in [0.25, 0.3) is 11.7 Å². The van der Waals surface area contributed by atoms with Gasteiger partial charge in [0.25, 0.3) is 11.8 Å². The first kappa shape index (κ1) is 20.2. The molecule has 31 heavy (non-hydrogen) atoms. The molecule has 0 atom stereocenters. The van der Waals surface area contributed by atoms with Crippen molar-refractivity contribution in [1.82, 2.24) is 9.88 Å². The molecule has 2 aromatic heterocycles. The number of aromatic nitrogens is 1. The minimum atomic E-state index is -0.151. The van der Waals surface area contributed by atoms with Crippen molar-refractivity contribution in [3.63, 3.8) is 0 Å². The standard InChI is InChI=1S/C22H20N4O5/c1-15(27)16-4-2-5-17(12-16)30-14-20(28)25-7-9-26(10-8-25)22-18(13-23)24-21(31-22)19-6-3-11-29-19/h2-6,11-12H,7-10,14H2,1H3. The third-order valence-corrected chi connectivity index (χ3v) is 4.97. The molecule has 0 radical (unpaired) electrons. The van der Waals surface area contributed by atoms with E-state index in [4.69, 9.17) is 13.6 Å². The lowest BCUT2D eigenvalue weighted by atomic mass is 10.1. The summed E-state index contributed by atoms with van der Waals surface area (Å²) in [5.74, 6) is 1.33. The molecule has 1 fully saturated rings. The number of oxazole rings is 1. The average molecular weight is 420 g/mol. The largest absolute Gasteiger partial charge is 0.484 e. The number of nitrogens with zero attached hydrogens (tertiary/aromatic N) is 4. The van der Waals surface area contributed by atoms with Gasteiger partial charge >= 0.3 is 0 Å². The van der Waals surface area contributed by atoms with Gasteiger partial charge in [-0.25, -0.2) is 0 Å². The van der Waals surface area contributed by atoms with Crippen molar-refractivity contribution < 1.29 is 23.2 Å². The predicted molar refractivity (Wildman–Crippen MR) is 110 cm³/mol. The van der Waals surface area contributed by atoms with E-state index in [-0.39, 0.29) is 29.9 Å². The molecule has 1 aliphatic rings. The summed E-state index contributed by atoms with van der Waals surface area (Å²) in [6.45, 7) is 3.26. The lowest BCUT2D eigenvalue weighted by Gasteiger charge is -2.34. The molecule has 0 unspecified atom stereocenters. The number of nitriles is 1. The lowest BCUT2D eigenvalue weighted by molar-refractivity contribution is -0.133. The number of Topliss-reactive ketones (excluding diaryl/α,β-unsaturated/α-hetero) is 1. The topological polar surface area (TPSA) is 113 Å². The Morgan fingerprint density at radius 1 is 1.19 bits per heavy atom. The Morgan fingerprint density at radius 3 is 2.68 bits per heavy atom. The van der Waals surface area contributed by atoms with Gasteiger partial charge in [0.05, 0.1) is 6.26 Å². The molecule has 0 saturated carbocycles. The zero-order chi connectivity index (χ0) is 21.8. The Kier molecular flexibility index (Phi) is 5.71. The van der Waals surface area contributed by atoms with Gasteiger partial charge in [0.2, 0.25) is 11.6 Å². The van der Waals surface area contributed by atoms with Gasteiger partial charge in [-0.15, -0.1) is 0 Å². The van der Waals surface area contributed by atoms with Crippen molar-refractivity contribution in [2.75, 3.05) is 37.7 Å². The summed E-state index contributed by atoms with van der Waals surface area (Å²) < 4.78 is 16.6. The van der Waals surface area contributed by atoms with Gasteiger partial charge in [0.1, 0.15) is 11.8 Å². The van der Waals surface area contributed by atoms with Gasteiger partial charge in [-0.05, 0) is 31.2 Å². The molecule has 4 rings (SSSR count). The monoisotopic (exact) mass is 420 g/mol. The molecule has 1 saturated heterocycles. The maximum atomic E-state index is 12.5. The lowest BCUT2D eigenvalue weighted by Crippen LogP contribution is -2.50. The van der Waals surface area contributed by atoms with Crippen LogP contribution >= 0.6 is 0 Å². The van der Waals surface area contributed by atoms with E-state index >= 15 is 0 Å². The van der Waals surface area contributed by atoms with E-state index in [1.54, 1.807) is 41.3 Å². The fourth-order valence-electron chi connectivity index (χ4n) is 3.31. The summed E-state index contributed by atoms with van der Waals surface area (Å²) in [5, 5.41) is 9.40. The van der Waals surface area contributed by atoms with E-state index in [1.165, 1.54) is 13.2 Å². The maximum absolute atomic E-state index is 12.5. The highest BCUT2D eigenvalue weighted by Crippen LogP contribution is 2.29. The molecule has 1 amide bonds. The SMILES string of the molecule is CC(=O)c1cccc(OCC(=O)N2CCN(c3oc(-c4ccco4)nc3C#N)CC2)c1.